The number of rotatable bonds is 2. The van der Waals surface area contributed by atoms with Crippen molar-refractivity contribution in [3.63, 3.8) is 0 Å². The molecule has 0 aliphatic carbocycles. The number of para-hydroxylation sites is 2. The molecule has 0 unspecified atom stereocenters. The predicted molar refractivity (Wildman–Crippen MR) is 99.4 cm³/mol. The topological polar surface area (TPSA) is 76.7 Å². The van der Waals surface area contributed by atoms with Crippen molar-refractivity contribution in [3.8, 4) is 0 Å². The van der Waals surface area contributed by atoms with Crippen LogP contribution in [0.2, 0.25) is 0 Å². The quantitative estimate of drug-likeness (QED) is 0.553. The predicted octanol–water partition coefficient (Wildman–Crippen LogP) is 3.18. The van der Waals surface area contributed by atoms with E-state index in [9.17, 15) is 13.2 Å². The standard InChI is InChI=1S/C18H16F3N7/c19-18(20,21)16-22-13-5-6-14(25-15(13)26-16)27-7-9-28(10-8-27)17-23-11-3-1-2-4-12(11)24-17/h1-6H,7-10H2,(H,23,24)(H,22,25,26). The summed E-state index contributed by atoms with van der Waals surface area (Å²) < 4.78 is 38.4. The summed E-state index contributed by atoms with van der Waals surface area (Å²) in [5.41, 5.74) is 2.26. The summed E-state index contributed by atoms with van der Waals surface area (Å²) in [6, 6.07) is 11.2. The van der Waals surface area contributed by atoms with Gasteiger partial charge in [-0.25, -0.2) is 15.0 Å². The zero-order valence-electron chi connectivity index (χ0n) is 14.7. The van der Waals surface area contributed by atoms with E-state index < -0.39 is 12.0 Å². The van der Waals surface area contributed by atoms with Crippen molar-refractivity contribution >= 4 is 34.0 Å². The molecule has 1 aromatic carbocycles. The Morgan fingerprint density at radius 1 is 0.786 bits per heavy atom. The Bertz CT molecular complexity index is 1110. The highest BCUT2D eigenvalue weighted by Crippen LogP contribution is 2.29. The maximum absolute atomic E-state index is 12.8. The molecule has 0 bridgehead atoms. The summed E-state index contributed by atoms with van der Waals surface area (Å²) in [7, 11) is 0. The molecular weight excluding hydrogens is 371 g/mol. The van der Waals surface area contributed by atoms with Gasteiger partial charge in [0.15, 0.2) is 5.65 Å². The number of benzene rings is 1. The van der Waals surface area contributed by atoms with Crippen molar-refractivity contribution in [2.45, 2.75) is 6.18 Å². The fraction of sp³-hybridized carbons (Fsp3) is 0.278. The Balaban J connectivity index is 1.33. The lowest BCUT2D eigenvalue weighted by atomic mass is 10.3. The number of pyridine rings is 1. The molecule has 0 atom stereocenters. The molecule has 3 aromatic heterocycles. The number of anilines is 2. The van der Waals surface area contributed by atoms with Gasteiger partial charge in [-0.15, -0.1) is 0 Å². The van der Waals surface area contributed by atoms with Crippen LogP contribution in [0.15, 0.2) is 36.4 Å². The van der Waals surface area contributed by atoms with Crippen LogP contribution < -0.4 is 9.80 Å². The van der Waals surface area contributed by atoms with Crippen molar-refractivity contribution < 1.29 is 13.2 Å². The normalized spacial score (nSPS) is 15.7. The highest BCUT2D eigenvalue weighted by molar-refractivity contribution is 5.77. The molecule has 28 heavy (non-hydrogen) atoms. The Kier molecular flexibility index (Phi) is 3.68. The third-order valence-corrected chi connectivity index (χ3v) is 4.88. The summed E-state index contributed by atoms with van der Waals surface area (Å²) >= 11 is 0. The fourth-order valence-corrected chi connectivity index (χ4v) is 3.43. The SMILES string of the molecule is FC(F)(F)c1nc2nc(N3CCN(c4nc5ccccc5[nH]4)CC3)ccc2[nH]1. The number of alkyl halides is 3. The largest absolute Gasteiger partial charge is 0.449 e. The lowest BCUT2D eigenvalue weighted by Crippen LogP contribution is -2.47. The fourth-order valence-electron chi connectivity index (χ4n) is 3.43. The van der Waals surface area contributed by atoms with Gasteiger partial charge in [0.2, 0.25) is 11.8 Å². The number of halogens is 3. The molecule has 0 amide bonds. The molecule has 4 aromatic rings. The monoisotopic (exact) mass is 387 g/mol. The first kappa shape index (κ1) is 16.8. The van der Waals surface area contributed by atoms with E-state index in [1.165, 1.54) is 0 Å². The van der Waals surface area contributed by atoms with Gasteiger partial charge < -0.3 is 19.8 Å². The van der Waals surface area contributed by atoms with E-state index in [0.717, 1.165) is 30.1 Å². The van der Waals surface area contributed by atoms with Crippen molar-refractivity contribution in [1.82, 2.24) is 24.9 Å². The summed E-state index contributed by atoms with van der Waals surface area (Å²) in [5, 5.41) is 0. The summed E-state index contributed by atoms with van der Waals surface area (Å²) in [5.74, 6) is 0.421. The lowest BCUT2D eigenvalue weighted by Gasteiger charge is -2.35. The molecule has 1 fully saturated rings. The van der Waals surface area contributed by atoms with Crippen LogP contribution in [-0.2, 0) is 6.18 Å². The van der Waals surface area contributed by atoms with Crippen LogP contribution >= 0.6 is 0 Å². The Morgan fingerprint density at radius 2 is 1.54 bits per heavy atom. The molecule has 0 saturated carbocycles. The maximum atomic E-state index is 12.8. The van der Waals surface area contributed by atoms with E-state index in [-0.39, 0.29) is 11.2 Å². The van der Waals surface area contributed by atoms with Gasteiger partial charge in [0, 0.05) is 26.2 Å². The van der Waals surface area contributed by atoms with Gasteiger partial charge >= 0.3 is 6.18 Å². The molecule has 7 nitrogen and oxygen atoms in total. The second-order valence-electron chi connectivity index (χ2n) is 6.68. The highest BCUT2D eigenvalue weighted by Gasteiger charge is 2.35. The third kappa shape index (κ3) is 2.90. The second-order valence-corrected chi connectivity index (χ2v) is 6.68. The van der Waals surface area contributed by atoms with Crippen LogP contribution in [0.3, 0.4) is 0 Å². The summed E-state index contributed by atoms with van der Waals surface area (Å²) in [6.45, 7) is 2.83. The second kappa shape index (κ2) is 6.11. The minimum Gasteiger partial charge on any atom is -0.353 e. The van der Waals surface area contributed by atoms with E-state index in [2.05, 4.69) is 29.8 Å². The Hall–Kier alpha value is -3.30. The number of aromatic amines is 2. The number of fused-ring (bicyclic) bond motifs is 2. The molecule has 10 heteroatoms. The summed E-state index contributed by atoms with van der Waals surface area (Å²) in [6.07, 6.45) is -4.51. The molecule has 5 rings (SSSR count). The first-order valence-corrected chi connectivity index (χ1v) is 8.86. The minimum absolute atomic E-state index is 0.0736. The van der Waals surface area contributed by atoms with Crippen LogP contribution in [0.4, 0.5) is 24.9 Å². The van der Waals surface area contributed by atoms with Gasteiger partial charge in [0.1, 0.15) is 5.82 Å². The number of aromatic nitrogens is 5. The van der Waals surface area contributed by atoms with E-state index in [0.29, 0.717) is 18.9 Å². The van der Waals surface area contributed by atoms with Gasteiger partial charge in [-0.1, -0.05) is 12.1 Å². The van der Waals surface area contributed by atoms with Gasteiger partial charge in [0.05, 0.1) is 16.6 Å². The molecule has 4 heterocycles. The van der Waals surface area contributed by atoms with Crippen LogP contribution in [0.25, 0.3) is 22.2 Å². The lowest BCUT2D eigenvalue weighted by molar-refractivity contribution is -0.144. The first-order valence-electron chi connectivity index (χ1n) is 8.86. The van der Waals surface area contributed by atoms with Crippen LogP contribution in [0, 0.1) is 0 Å². The highest BCUT2D eigenvalue weighted by atomic mass is 19.4. The van der Waals surface area contributed by atoms with E-state index in [1.807, 2.05) is 29.2 Å². The van der Waals surface area contributed by atoms with E-state index in [1.54, 1.807) is 12.1 Å². The van der Waals surface area contributed by atoms with Gasteiger partial charge in [-0.2, -0.15) is 13.2 Å². The van der Waals surface area contributed by atoms with E-state index >= 15 is 0 Å². The number of piperazine rings is 1. The molecule has 0 radical (unpaired) electrons. The maximum Gasteiger partial charge on any atom is 0.449 e. The van der Waals surface area contributed by atoms with Crippen LogP contribution in [0.5, 0.6) is 0 Å². The smallest absolute Gasteiger partial charge is 0.353 e. The Morgan fingerprint density at radius 3 is 2.29 bits per heavy atom. The zero-order chi connectivity index (χ0) is 19.3. The average Bonchev–Trinajstić information content (AvgIpc) is 3.31. The molecule has 2 N–H and O–H groups in total. The first-order chi connectivity index (χ1) is 13.5. The number of hydrogen-bond donors (Lipinski definition) is 2. The molecular formula is C18H16F3N7. The number of hydrogen-bond acceptors (Lipinski definition) is 5. The van der Waals surface area contributed by atoms with E-state index in [4.69, 9.17) is 0 Å². The molecule has 1 aliphatic heterocycles. The molecule has 0 spiro atoms. The molecule has 1 saturated heterocycles. The Labute approximate surface area is 157 Å². The minimum atomic E-state index is -4.51. The molecule has 144 valence electrons. The van der Waals surface area contributed by atoms with Crippen molar-refractivity contribution in [2.24, 2.45) is 0 Å². The number of nitrogens with zero attached hydrogens (tertiary/aromatic N) is 5. The van der Waals surface area contributed by atoms with Crippen molar-refractivity contribution in [3.05, 3.63) is 42.2 Å². The average molecular weight is 387 g/mol. The number of nitrogens with one attached hydrogen (secondary N) is 2. The van der Waals surface area contributed by atoms with Crippen LogP contribution in [-0.4, -0.2) is 51.1 Å². The summed E-state index contributed by atoms with van der Waals surface area (Å²) in [4.78, 5) is 22.3. The van der Waals surface area contributed by atoms with Crippen molar-refractivity contribution in [2.75, 3.05) is 36.0 Å². The van der Waals surface area contributed by atoms with Gasteiger partial charge in [0.25, 0.3) is 0 Å². The number of imidazole rings is 2. The van der Waals surface area contributed by atoms with Gasteiger partial charge in [-0.3, -0.25) is 0 Å². The van der Waals surface area contributed by atoms with Crippen molar-refractivity contribution in [1.29, 1.82) is 0 Å². The van der Waals surface area contributed by atoms with Gasteiger partial charge in [-0.05, 0) is 24.3 Å². The van der Waals surface area contributed by atoms with Crippen LogP contribution in [0.1, 0.15) is 5.82 Å². The molecule has 1 aliphatic rings. The number of H-pyrrole nitrogens is 2. The third-order valence-electron chi connectivity index (χ3n) is 4.88. The zero-order valence-corrected chi connectivity index (χ0v) is 14.7.